The van der Waals surface area contributed by atoms with Crippen LogP contribution >= 0.6 is 0 Å². The predicted octanol–water partition coefficient (Wildman–Crippen LogP) is 2.91. The molecular weight excluding hydrogens is 247 g/mol. The average molecular weight is 260 g/mol. The molecule has 0 aromatic heterocycles. The summed E-state index contributed by atoms with van der Waals surface area (Å²) in [4.78, 5) is 0. The summed E-state index contributed by atoms with van der Waals surface area (Å²) < 4.78 is 24.2. The van der Waals surface area contributed by atoms with Gasteiger partial charge < -0.3 is 15.2 Å². The topological polar surface area (TPSA) is 68.3 Å². The van der Waals surface area contributed by atoms with Gasteiger partial charge in [-0.1, -0.05) is 6.07 Å². The van der Waals surface area contributed by atoms with Gasteiger partial charge in [0.2, 0.25) is 0 Å². The molecule has 0 unspecified atom stereocenters. The average Bonchev–Trinajstić information content (AvgIpc) is 2.39. The number of halogens is 1. The Kier molecular flexibility index (Phi) is 3.66. The molecule has 0 bridgehead atoms. The van der Waals surface area contributed by atoms with Gasteiger partial charge in [0.1, 0.15) is 28.9 Å². The fraction of sp³-hybridized carbons (Fsp3) is 0.0714. The molecule has 4 nitrogen and oxygen atoms in total. The minimum atomic E-state index is -0.585. The molecular formula is C14H13FN2O2. The second-order valence-corrected chi connectivity index (χ2v) is 3.80. The zero-order chi connectivity index (χ0) is 13.8. The molecule has 2 rings (SSSR count). The van der Waals surface area contributed by atoms with Crippen molar-refractivity contribution in [2.24, 2.45) is 5.73 Å². The molecule has 0 aliphatic heterocycles. The van der Waals surface area contributed by atoms with E-state index in [2.05, 4.69) is 0 Å². The monoisotopic (exact) mass is 260 g/mol. The summed E-state index contributed by atoms with van der Waals surface area (Å²) in [6.45, 7) is 0. The van der Waals surface area contributed by atoms with Crippen molar-refractivity contribution in [3.8, 4) is 17.2 Å². The Bertz CT molecular complexity index is 597. The summed E-state index contributed by atoms with van der Waals surface area (Å²) in [6.07, 6.45) is 0. The summed E-state index contributed by atoms with van der Waals surface area (Å²) in [5, 5.41) is 7.38. The van der Waals surface area contributed by atoms with Gasteiger partial charge >= 0.3 is 0 Å². The smallest absolute Gasteiger partial charge is 0.141 e. The molecule has 0 fully saturated rings. The first-order valence-corrected chi connectivity index (χ1v) is 5.56. The molecule has 2 aromatic carbocycles. The molecule has 0 heterocycles. The highest BCUT2D eigenvalue weighted by Crippen LogP contribution is 2.28. The number of amidine groups is 1. The van der Waals surface area contributed by atoms with Crippen LogP contribution in [0.5, 0.6) is 17.2 Å². The zero-order valence-electron chi connectivity index (χ0n) is 10.3. The molecule has 5 heteroatoms. The number of nitrogens with one attached hydrogen (secondary N) is 1. The Balaban J connectivity index is 2.32. The summed E-state index contributed by atoms with van der Waals surface area (Å²) >= 11 is 0. The molecule has 0 saturated heterocycles. The van der Waals surface area contributed by atoms with E-state index in [-0.39, 0.29) is 17.1 Å². The zero-order valence-corrected chi connectivity index (χ0v) is 10.3. The highest BCUT2D eigenvalue weighted by atomic mass is 19.1. The maximum Gasteiger partial charge on any atom is 0.141 e. The molecule has 2 aromatic rings. The number of nitrogen functional groups attached to an aromatic ring is 1. The van der Waals surface area contributed by atoms with Crippen molar-refractivity contribution in [2.45, 2.75) is 0 Å². The summed E-state index contributed by atoms with van der Waals surface area (Å²) in [5.74, 6) is 0.449. The molecule has 19 heavy (non-hydrogen) atoms. The van der Waals surface area contributed by atoms with Crippen LogP contribution in [0.25, 0.3) is 0 Å². The highest BCUT2D eigenvalue weighted by molar-refractivity contribution is 5.98. The predicted molar refractivity (Wildman–Crippen MR) is 70.5 cm³/mol. The lowest BCUT2D eigenvalue weighted by Gasteiger charge is -2.11. The van der Waals surface area contributed by atoms with Crippen molar-refractivity contribution in [3.63, 3.8) is 0 Å². The first-order valence-electron chi connectivity index (χ1n) is 5.56. The normalized spacial score (nSPS) is 10.0. The van der Waals surface area contributed by atoms with Gasteiger partial charge in [0.15, 0.2) is 0 Å². The van der Waals surface area contributed by atoms with Crippen LogP contribution in [0, 0.1) is 11.2 Å². The van der Waals surface area contributed by atoms with Crippen LogP contribution in [0.15, 0.2) is 42.5 Å². The Morgan fingerprint density at radius 1 is 1.11 bits per heavy atom. The number of rotatable bonds is 4. The number of methoxy groups -OCH3 is 1. The van der Waals surface area contributed by atoms with Gasteiger partial charge in [0.25, 0.3) is 0 Å². The summed E-state index contributed by atoms with van der Waals surface area (Å²) in [7, 11) is 1.57. The summed E-state index contributed by atoms with van der Waals surface area (Å²) in [5.41, 5.74) is 5.31. The molecule has 0 atom stereocenters. The maximum atomic E-state index is 13.6. The van der Waals surface area contributed by atoms with Crippen LogP contribution in [0.3, 0.4) is 0 Å². The SMILES string of the molecule is COc1ccc(Oc2cccc(F)c2C(=N)N)cc1. The van der Waals surface area contributed by atoms with E-state index >= 15 is 0 Å². The molecule has 3 N–H and O–H groups in total. The van der Waals surface area contributed by atoms with Crippen LogP contribution in [-0.4, -0.2) is 12.9 Å². The van der Waals surface area contributed by atoms with E-state index in [0.717, 1.165) is 0 Å². The summed E-state index contributed by atoms with van der Waals surface area (Å²) in [6, 6.07) is 11.1. The number of hydrogen-bond donors (Lipinski definition) is 2. The van der Waals surface area contributed by atoms with E-state index in [4.69, 9.17) is 20.6 Å². The van der Waals surface area contributed by atoms with Crippen molar-refractivity contribution in [1.29, 1.82) is 5.41 Å². The van der Waals surface area contributed by atoms with E-state index in [1.165, 1.54) is 12.1 Å². The van der Waals surface area contributed by atoms with Gasteiger partial charge in [0.05, 0.1) is 12.7 Å². The van der Waals surface area contributed by atoms with E-state index in [1.807, 2.05) is 0 Å². The van der Waals surface area contributed by atoms with Gasteiger partial charge in [0, 0.05) is 0 Å². The fourth-order valence-electron chi connectivity index (χ4n) is 1.62. The number of nitrogens with two attached hydrogens (primary N) is 1. The lowest BCUT2D eigenvalue weighted by atomic mass is 10.1. The fourth-order valence-corrected chi connectivity index (χ4v) is 1.62. The van der Waals surface area contributed by atoms with Crippen LogP contribution in [0.2, 0.25) is 0 Å². The van der Waals surface area contributed by atoms with Gasteiger partial charge in [-0.15, -0.1) is 0 Å². The Morgan fingerprint density at radius 2 is 1.74 bits per heavy atom. The minimum Gasteiger partial charge on any atom is -0.497 e. The number of hydrogen-bond acceptors (Lipinski definition) is 3. The standard InChI is InChI=1S/C14H13FN2O2/c1-18-9-5-7-10(8-6-9)19-12-4-2-3-11(15)13(12)14(16)17/h2-8H,1H3,(H3,16,17). The second kappa shape index (κ2) is 5.39. The van der Waals surface area contributed by atoms with Crippen molar-refractivity contribution >= 4 is 5.84 Å². The van der Waals surface area contributed by atoms with Crippen molar-refractivity contribution in [1.82, 2.24) is 0 Å². The van der Waals surface area contributed by atoms with Crippen LogP contribution in [0.1, 0.15) is 5.56 Å². The molecule has 0 aliphatic rings. The first-order chi connectivity index (χ1) is 9.11. The Morgan fingerprint density at radius 3 is 2.32 bits per heavy atom. The maximum absolute atomic E-state index is 13.6. The lowest BCUT2D eigenvalue weighted by molar-refractivity contribution is 0.412. The minimum absolute atomic E-state index is 0.0432. The Hall–Kier alpha value is -2.56. The molecule has 0 aliphatic carbocycles. The van der Waals surface area contributed by atoms with Gasteiger partial charge in [-0.25, -0.2) is 4.39 Å². The van der Waals surface area contributed by atoms with E-state index in [1.54, 1.807) is 37.4 Å². The number of benzene rings is 2. The third-order valence-electron chi connectivity index (χ3n) is 2.53. The van der Waals surface area contributed by atoms with Gasteiger partial charge in [-0.2, -0.15) is 0 Å². The molecule has 0 spiro atoms. The van der Waals surface area contributed by atoms with Gasteiger partial charge in [-0.05, 0) is 36.4 Å². The molecule has 98 valence electrons. The highest BCUT2D eigenvalue weighted by Gasteiger charge is 2.13. The third kappa shape index (κ3) is 2.82. The molecule has 0 radical (unpaired) electrons. The van der Waals surface area contributed by atoms with E-state index < -0.39 is 5.82 Å². The van der Waals surface area contributed by atoms with Crippen molar-refractivity contribution in [3.05, 3.63) is 53.8 Å². The van der Waals surface area contributed by atoms with Crippen molar-refractivity contribution < 1.29 is 13.9 Å². The first kappa shape index (κ1) is 12.9. The van der Waals surface area contributed by atoms with Crippen LogP contribution in [-0.2, 0) is 0 Å². The number of ether oxygens (including phenoxy) is 2. The van der Waals surface area contributed by atoms with Crippen LogP contribution < -0.4 is 15.2 Å². The Labute approximate surface area is 110 Å². The molecule has 0 saturated carbocycles. The lowest BCUT2D eigenvalue weighted by Crippen LogP contribution is -2.14. The molecule has 0 amide bonds. The largest absolute Gasteiger partial charge is 0.497 e. The van der Waals surface area contributed by atoms with Gasteiger partial charge in [-0.3, -0.25) is 5.41 Å². The van der Waals surface area contributed by atoms with E-state index in [9.17, 15) is 4.39 Å². The van der Waals surface area contributed by atoms with E-state index in [0.29, 0.717) is 11.5 Å². The quantitative estimate of drug-likeness (QED) is 0.656. The van der Waals surface area contributed by atoms with Crippen LogP contribution in [0.4, 0.5) is 4.39 Å². The third-order valence-corrected chi connectivity index (χ3v) is 2.53. The van der Waals surface area contributed by atoms with Crippen molar-refractivity contribution in [2.75, 3.05) is 7.11 Å². The second-order valence-electron chi connectivity index (χ2n) is 3.80.